The van der Waals surface area contributed by atoms with Crippen LogP contribution in [-0.2, 0) is 10.3 Å². The van der Waals surface area contributed by atoms with E-state index in [4.69, 9.17) is 39.5 Å². The molecule has 0 amide bonds. The smallest absolute Gasteiger partial charge is 0.163 e. The Labute approximate surface area is 139 Å². The van der Waals surface area contributed by atoms with Gasteiger partial charge in [0.15, 0.2) is 5.82 Å². The Morgan fingerprint density at radius 2 is 1.76 bits per heavy atom. The highest BCUT2D eigenvalue weighted by Crippen LogP contribution is 2.36. The van der Waals surface area contributed by atoms with Gasteiger partial charge in [0, 0.05) is 12.1 Å². The van der Waals surface area contributed by atoms with Crippen LogP contribution in [0.4, 0.5) is 0 Å². The van der Waals surface area contributed by atoms with E-state index in [0.717, 1.165) is 5.56 Å². The number of hydrogen-bond acceptors (Lipinski definition) is 3. The molecule has 0 saturated carbocycles. The molecule has 0 aliphatic rings. The summed E-state index contributed by atoms with van der Waals surface area (Å²) >= 11 is 18.6. The molecule has 0 aliphatic heterocycles. The van der Waals surface area contributed by atoms with Crippen LogP contribution >= 0.6 is 34.8 Å². The van der Waals surface area contributed by atoms with Crippen molar-refractivity contribution in [3.05, 3.63) is 45.4 Å². The van der Waals surface area contributed by atoms with Crippen molar-refractivity contribution in [3.63, 3.8) is 0 Å². The first kappa shape index (κ1) is 16.5. The van der Waals surface area contributed by atoms with E-state index in [1.165, 1.54) is 0 Å². The summed E-state index contributed by atoms with van der Waals surface area (Å²) in [5.74, 6) is 0.466. The van der Waals surface area contributed by atoms with Crippen LogP contribution < -0.4 is 0 Å². The molecule has 0 aliphatic carbocycles. The summed E-state index contributed by atoms with van der Waals surface area (Å²) in [6, 6.07) is 7.23. The fourth-order valence-electron chi connectivity index (χ4n) is 1.92. The van der Waals surface area contributed by atoms with Crippen molar-refractivity contribution >= 4 is 34.8 Å². The van der Waals surface area contributed by atoms with Crippen LogP contribution in [0.3, 0.4) is 0 Å². The van der Waals surface area contributed by atoms with Crippen LogP contribution in [0.25, 0.3) is 11.1 Å². The van der Waals surface area contributed by atoms with Crippen LogP contribution in [0.15, 0.2) is 24.3 Å². The molecule has 112 valence electrons. The highest BCUT2D eigenvalue weighted by Gasteiger charge is 2.29. The van der Waals surface area contributed by atoms with Crippen molar-refractivity contribution in [1.82, 2.24) is 9.97 Å². The highest BCUT2D eigenvalue weighted by atomic mass is 35.5. The lowest BCUT2D eigenvalue weighted by atomic mass is 10.0. The molecule has 0 radical (unpaired) electrons. The zero-order valence-electron chi connectivity index (χ0n) is 12.0. The summed E-state index contributed by atoms with van der Waals surface area (Å²) in [5.41, 5.74) is 0.721. The number of rotatable bonds is 4. The third-order valence-electron chi connectivity index (χ3n) is 3.53. The lowest BCUT2D eigenvalue weighted by Crippen LogP contribution is -2.26. The number of benzene rings is 1. The third-order valence-corrected chi connectivity index (χ3v) is 4.31. The Hall–Kier alpha value is -0.870. The fraction of sp³-hybridized carbons (Fsp3) is 0.333. The second kappa shape index (κ2) is 6.49. The minimum atomic E-state index is -0.625. The first-order chi connectivity index (χ1) is 9.91. The maximum atomic E-state index is 6.31. The van der Waals surface area contributed by atoms with Gasteiger partial charge in [-0.25, -0.2) is 9.97 Å². The number of halogens is 3. The quantitative estimate of drug-likeness (QED) is 0.698. The molecule has 6 heteroatoms. The van der Waals surface area contributed by atoms with Crippen molar-refractivity contribution < 1.29 is 4.74 Å². The lowest BCUT2D eigenvalue weighted by Gasteiger charge is -2.25. The second-order valence-electron chi connectivity index (χ2n) is 4.80. The maximum absolute atomic E-state index is 6.31. The van der Waals surface area contributed by atoms with Gasteiger partial charge in [-0.1, -0.05) is 53.9 Å². The zero-order valence-corrected chi connectivity index (χ0v) is 14.2. The second-order valence-corrected chi connectivity index (χ2v) is 5.96. The molecular weight excluding hydrogens is 331 g/mol. The van der Waals surface area contributed by atoms with Crippen molar-refractivity contribution in [3.8, 4) is 11.1 Å². The van der Waals surface area contributed by atoms with Crippen LogP contribution in [0, 0.1) is 0 Å². The molecule has 3 nitrogen and oxygen atoms in total. The Bertz CT molecular complexity index is 634. The normalized spacial score (nSPS) is 14.0. The molecule has 0 spiro atoms. The van der Waals surface area contributed by atoms with Gasteiger partial charge in [0.2, 0.25) is 0 Å². The van der Waals surface area contributed by atoms with Crippen molar-refractivity contribution in [2.24, 2.45) is 0 Å². The summed E-state index contributed by atoms with van der Waals surface area (Å²) in [5, 5.41) is 1.16. The van der Waals surface area contributed by atoms with E-state index in [-0.39, 0.29) is 10.3 Å². The molecule has 2 rings (SSSR count). The highest BCUT2D eigenvalue weighted by molar-refractivity contribution is 6.38. The number of ether oxygens (including phenoxy) is 1. The molecular formula is C15H15Cl3N2O. The molecule has 0 fully saturated rings. The first-order valence-corrected chi connectivity index (χ1v) is 7.59. The standard InChI is InChI=1S/C15H15Cl3N2O/c1-4-15(2,21-3)14-19-12(17)11(13(18)20-14)9-6-5-7-10(16)8-9/h5-8H,4H2,1-3H3. The zero-order chi connectivity index (χ0) is 15.6. The Morgan fingerprint density at radius 3 is 2.24 bits per heavy atom. The molecule has 2 aromatic rings. The number of aromatic nitrogens is 2. The van der Waals surface area contributed by atoms with E-state index in [9.17, 15) is 0 Å². The van der Waals surface area contributed by atoms with E-state index in [0.29, 0.717) is 22.8 Å². The molecule has 21 heavy (non-hydrogen) atoms. The average Bonchev–Trinajstić information content (AvgIpc) is 2.45. The molecule has 0 N–H and O–H groups in total. The summed E-state index contributed by atoms with van der Waals surface area (Å²) < 4.78 is 5.48. The van der Waals surface area contributed by atoms with E-state index in [1.54, 1.807) is 19.2 Å². The predicted octanol–water partition coefficient (Wildman–Crippen LogP) is 5.38. The predicted molar refractivity (Wildman–Crippen MR) is 87.2 cm³/mol. The third kappa shape index (κ3) is 3.32. The van der Waals surface area contributed by atoms with E-state index in [1.807, 2.05) is 26.0 Å². The Kier molecular flexibility index (Phi) is 5.10. The van der Waals surface area contributed by atoms with Crippen LogP contribution in [0.5, 0.6) is 0 Å². The molecule has 1 aromatic heterocycles. The van der Waals surface area contributed by atoms with Gasteiger partial charge in [-0.15, -0.1) is 0 Å². The van der Waals surface area contributed by atoms with Crippen molar-refractivity contribution in [2.45, 2.75) is 25.9 Å². The number of hydrogen-bond donors (Lipinski definition) is 0. The SMILES string of the molecule is CCC(C)(OC)c1nc(Cl)c(-c2cccc(Cl)c2)c(Cl)n1. The lowest BCUT2D eigenvalue weighted by molar-refractivity contribution is -0.00894. The van der Waals surface area contributed by atoms with Gasteiger partial charge < -0.3 is 4.74 Å². The van der Waals surface area contributed by atoms with Gasteiger partial charge in [-0.05, 0) is 31.0 Å². The molecule has 1 aromatic carbocycles. The van der Waals surface area contributed by atoms with Crippen molar-refractivity contribution in [1.29, 1.82) is 0 Å². The van der Waals surface area contributed by atoms with Gasteiger partial charge >= 0.3 is 0 Å². The van der Waals surface area contributed by atoms with Crippen LogP contribution in [0.1, 0.15) is 26.1 Å². The Balaban J connectivity index is 2.57. The first-order valence-electron chi connectivity index (χ1n) is 6.46. The van der Waals surface area contributed by atoms with Crippen molar-refractivity contribution in [2.75, 3.05) is 7.11 Å². The molecule has 0 saturated heterocycles. The maximum Gasteiger partial charge on any atom is 0.163 e. The molecule has 1 atom stereocenters. The number of methoxy groups -OCH3 is 1. The van der Waals surface area contributed by atoms with Crippen LogP contribution in [0.2, 0.25) is 15.3 Å². The Morgan fingerprint density at radius 1 is 1.14 bits per heavy atom. The molecule has 0 bridgehead atoms. The summed E-state index contributed by atoms with van der Waals surface area (Å²) in [7, 11) is 1.61. The van der Waals surface area contributed by atoms with Gasteiger partial charge in [0.1, 0.15) is 15.9 Å². The molecule has 1 unspecified atom stereocenters. The fourth-order valence-corrected chi connectivity index (χ4v) is 2.72. The van der Waals surface area contributed by atoms with E-state index in [2.05, 4.69) is 9.97 Å². The van der Waals surface area contributed by atoms with Gasteiger partial charge in [0.25, 0.3) is 0 Å². The largest absolute Gasteiger partial charge is 0.371 e. The minimum absolute atomic E-state index is 0.281. The van der Waals surface area contributed by atoms with Crippen LogP contribution in [-0.4, -0.2) is 17.1 Å². The van der Waals surface area contributed by atoms with Gasteiger partial charge in [0.05, 0.1) is 5.56 Å². The molecule has 1 heterocycles. The van der Waals surface area contributed by atoms with E-state index < -0.39 is 5.60 Å². The number of nitrogens with zero attached hydrogens (tertiary/aromatic N) is 2. The monoisotopic (exact) mass is 344 g/mol. The topological polar surface area (TPSA) is 35.0 Å². The van der Waals surface area contributed by atoms with Gasteiger partial charge in [-0.3, -0.25) is 0 Å². The summed E-state index contributed by atoms with van der Waals surface area (Å²) in [4.78, 5) is 8.71. The summed E-state index contributed by atoms with van der Waals surface area (Å²) in [6.45, 7) is 3.88. The minimum Gasteiger partial charge on any atom is -0.371 e. The average molecular weight is 346 g/mol. The summed E-state index contributed by atoms with van der Waals surface area (Å²) in [6.07, 6.45) is 0.701. The van der Waals surface area contributed by atoms with E-state index >= 15 is 0 Å². The van der Waals surface area contributed by atoms with Gasteiger partial charge in [-0.2, -0.15) is 0 Å².